The van der Waals surface area contributed by atoms with E-state index >= 15 is 0 Å². The van der Waals surface area contributed by atoms with E-state index in [2.05, 4.69) is 94.6 Å². The van der Waals surface area contributed by atoms with Gasteiger partial charge in [-0.1, -0.05) is 49.4 Å². The van der Waals surface area contributed by atoms with Crippen molar-refractivity contribution in [2.45, 2.75) is 46.2 Å². The third-order valence-electron chi connectivity index (χ3n) is 6.16. The van der Waals surface area contributed by atoms with Crippen molar-refractivity contribution in [2.75, 3.05) is 31.1 Å². The summed E-state index contributed by atoms with van der Waals surface area (Å²) < 4.78 is 2.00. The second-order valence-corrected chi connectivity index (χ2v) is 8.23. The van der Waals surface area contributed by atoms with Crippen LogP contribution in [0, 0.1) is 13.8 Å². The lowest BCUT2D eigenvalue weighted by molar-refractivity contribution is 0.169. The first kappa shape index (κ1) is 20.5. The maximum atomic E-state index is 4.42. The highest BCUT2D eigenvalue weighted by Crippen LogP contribution is 2.27. The smallest absolute Gasteiger partial charge is 0.168 e. The van der Waals surface area contributed by atoms with Crippen molar-refractivity contribution in [1.82, 2.24) is 25.1 Å². The van der Waals surface area contributed by atoms with Crippen LogP contribution in [-0.4, -0.2) is 51.3 Å². The third-order valence-corrected chi connectivity index (χ3v) is 6.16. The van der Waals surface area contributed by atoms with Crippen LogP contribution in [0.1, 0.15) is 41.9 Å². The Kier molecular flexibility index (Phi) is 6.43. The summed E-state index contributed by atoms with van der Waals surface area (Å²) in [6.45, 7) is 11.5. The van der Waals surface area contributed by atoms with E-state index in [1.54, 1.807) is 0 Å². The molecule has 1 aliphatic heterocycles. The maximum absolute atomic E-state index is 4.42. The molecule has 158 valence electrons. The summed E-state index contributed by atoms with van der Waals surface area (Å²) in [4.78, 5) is 5.07. The first-order valence-electron chi connectivity index (χ1n) is 11.0. The van der Waals surface area contributed by atoms with Crippen molar-refractivity contribution in [3.8, 4) is 0 Å². The highest BCUT2D eigenvalue weighted by Gasteiger charge is 2.28. The first-order valence-corrected chi connectivity index (χ1v) is 11.0. The van der Waals surface area contributed by atoms with E-state index in [4.69, 9.17) is 0 Å². The Balaban J connectivity index is 1.42. The molecule has 1 aromatic heterocycles. The number of hydrogen-bond acceptors (Lipinski definition) is 5. The fourth-order valence-corrected chi connectivity index (χ4v) is 4.43. The van der Waals surface area contributed by atoms with E-state index in [1.165, 1.54) is 22.4 Å². The quantitative estimate of drug-likeness (QED) is 0.599. The summed E-state index contributed by atoms with van der Waals surface area (Å²) in [6.07, 6.45) is 1.95. The van der Waals surface area contributed by atoms with Gasteiger partial charge >= 0.3 is 0 Å². The Morgan fingerprint density at radius 2 is 1.73 bits per heavy atom. The van der Waals surface area contributed by atoms with Crippen LogP contribution in [0.15, 0.2) is 48.5 Å². The van der Waals surface area contributed by atoms with Crippen LogP contribution in [0.5, 0.6) is 0 Å². The second kappa shape index (κ2) is 9.39. The normalized spacial score (nSPS) is 16.0. The number of hydrogen-bond donors (Lipinski definition) is 0. The summed E-state index contributed by atoms with van der Waals surface area (Å²) in [5.41, 5.74) is 5.36. The molecule has 0 aliphatic carbocycles. The Bertz CT molecular complexity index is 943. The van der Waals surface area contributed by atoms with Gasteiger partial charge in [-0.2, -0.15) is 0 Å². The number of aryl methyl sites for hydroxylation is 4. The van der Waals surface area contributed by atoms with Crippen LogP contribution in [0.4, 0.5) is 5.69 Å². The molecule has 6 nitrogen and oxygen atoms in total. The minimum atomic E-state index is 0.261. The molecule has 4 rings (SSSR count). The topological polar surface area (TPSA) is 50.1 Å². The molecule has 1 saturated heterocycles. The van der Waals surface area contributed by atoms with Crippen molar-refractivity contribution < 1.29 is 0 Å². The molecule has 6 heteroatoms. The average Bonchev–Trinajstić information content (AvgIpc) is 3.24. The molecule has 0 bridgehead atoms. The maximum Gasteiger partial charge on any atom is 0.168 e. The Hall–Kier alpha value is -2.73. The molecule has 0 radical (unpaired) electrons. The van der Waals surface area contributed by atoms with Crippen molar-refractivity contribution >= 4 is 5.69 Å². The molecule has 2 heterocycles. The number of piperazine rings is 1. The highest BCUT2D eigenvalue weighted by molar-refractivity contribution is 5.55. The van der Waals surface area contributed by atoms with Crippen LogP contribution in [0.3, 0.4) is 0 Å². The number of anilines is 1. The minimum Gasteiger partial charge on any atom is -0.369 e. The number of rotatable bonds is 7. The third kappa shape index (κ3) is 4.54. The van der Waals surface area contributed by atoms with Gasteiger partial charge in [0.1, 0.15) is 0 Å². The summed E-state index contributed by atoms with van der Waals surface area (Å²) in [5.74, 6) is 0.994. The molecule has 0 saturated carbocycles. The Morgan fingerprint density at radius 1 is 0.967 bits per heavy atom. The zero-order valence-electron chi connectivity index (χ0n) is 18.3. The molecular formula is C24H32N6. The molecule has 1 unspecified atom stereocenters. The van der Waals surface area contributed by atoms with Crippen LogP contribution >= 0.6 is 0 Å². The molecule has 0 amide bonds. The van der Waals surface area contributed by atoms with Crippen molar-refractivity contribution in [2.24, 2.45) is 0 Å². The number of tetrazole rings is 1. The van der Waals surface area contributed by atoms with E-state index < -0.39 is 0 Å². The van der Waals surface area contributed by atoms with Gasteiger partial charge in [0.2, 0.25) is 0 Å². The van der Waals surface area contributed by atoms with Gasteiger partial charge in [0, 0.05) is 38.4 Å². The monoisotopic (exact) mass is 404 g/mol. The SMILES string of the molecule is CCC(c1nnnn1CCc1ccccc1)N1CCN(c2cc(C)ccc2C)CC1. The van der Waals surface area contributed by atoms with Crippen LogP contribution < -0.4 is 4.90 Å². The van der Waals surface area contributed by atoms with Gasteiger partial charge in [-0.3, -0.25) is 4.90 Å². The first-order chi connectivity index (χ1) is 14.7. The fourth-order valence-electron chi connectivity index (χ4n) is 4.43. The van der Waals surface area contributed by atoms with Gasteiger partial charge in [-0.25, -0.2) is 4.68 Å². The fraction of sp³-hybridized carbons (Fsp3) is 0.458. The predicted molar refractivity (Wildman–Crippen MR) is 121 cm³/mol. The van der Waals surface area contributed by atoms with E-state index in [0.29, 0.717) is 0 Å². The molecule has 2 aromatic carbocycles. The van der Waals surface area contributed by atoms with Gasteiger partial charge in [-0.15, -0.1) is 5.10 Å². The minimum absolute atomic E-state index is 0.261. The Morgan fingerprint density at radius 3 is 2.47 bits per heavy atom. The number of aromatic nitrogens is 4. The van der Waals surface area contributed by atoms with Crippen LogP contribution in [0.2, 0.25) is 0 Å². The van der Waals surface area contributed by atoms with Gasteiger partial charge in [0.15, 0.2) is 5.82 Å². The molecule has 1 atom stereocenters. The van der Waals surface area contributed by atoms with Crippen molar-refractivity contribution in [3.63, 3.8) is 0 Å². The van der Waals surface area contributed by atoms with Gasteiger partial charge in [0.25, 0.3) is 0 Å². The molecular weight excluding hydrogens is 372 g/mol. The largest absolute Gasteiger partial charge is 0.369 e. The van der Waals surface area contributed by atoms with Crippen LogP contribution in [0.25, 0.3) is 0 Å². The van der Waals surface area contributed by atoms with E-state index in [0.717, 1.165) is 51.4 Å². The molecule has 1 aliphatic rings. The summed E-state index contributed by atoms with van der Waals surface area (Å²) in [7, 11) is 0. The highest BCUT2D eigenvalue weighted by atomic mass is 15.5. The predicted octanol–water partition coefficient (Wildman–Crippen LogP) is 3.81. The van der Waals surface area contributed by atoms with E-state index in [-0.39, 0.29) is 6.04 Å². The molecule has 0 spiro atoms. The molecule has 3 aromatic rings. The van der Waals surface area contributed by atoms with Gasteiger partial charge < -0.3 is 4.90 Å². The molecule has 0 N–H and O–H groups in total. The number of nitrogens with zero attached hydrogens (tertiary/aromatic N) is 6. The summed E-state index contributed by atoms with van der Waals surface area (Å²) in [6, 6.07) is 17.5. The van der Waals surface area contributed by atoms with E-state index in [9.17, 15) is 0 Å². The van der Waals surface area contributed by atoms with Crippen LogP contribution in [-0.2, 0) is 13.0 Å². The molecule has 30 heavy (non-hydrogen) atoms. The van der Waals surface area contributed by atoms with Crippen molar-refractivity contribution in [3.05, 3.63) is 71.0 Å². The average molecular weight is 405 g/mol. The Labute approximate surface area is 179 Å². The van der Waals surface area contributed by atoms with Gasteiger partial charge in [0.05, 0.1) is 6.04 Å². The lowest BCUT2D eigenvalue weighted by Crippen LogP contribution is -2.48. The lowest BCUT2D eigenvalue weighted by atomic mass is 10.1. The van der Waals surface area contributed by atoms with E-state index in [1.807, 2.05) is 4.68 Å². The molecule has 1 fully saturated rings. The number of benzene rings is 2. The summed E-state index contributed by atoms with van der Waals surface area (Å²) in [5, 5.41) is 12.7. The van der Waals surface area contributed by atoms with Crippen molar-refractivity contribution in [1.29, 1.82) is 0 Å². The zero-order valence-corrected chi connectivity index (χ0v) is 18.3. The summed E-state index contributed by atoms with van der Waals surface area (Å²) >= 11 is 0. The second-order valence-electron chi connectivity index (χ2n) is 8.23. The standard InChI is InChI=1S/C24H32N6/c1-4-22(24-25-26-27-30(24)13-12-21-8-6-5-7-9-21)28-14-16-29(17-15-28)23-18-19(2)10-11-20(23)3/h5-11,18,22H,4,12-17H2,1-3H3. The van der Waals surface area contributed by atoms with Gasteiger partial charge in [-0.05, 0) is 59.9 Å². The zero-order chi connectivity index (χ0) is 20.9. The lowest BCUT2D eigenvalue weighted by Gasteiger charge is -2.40.